The lowest BCUT2D eigenvalue weighted by Crippen LogP contribution is -2.01. The van der Waals surface area contributed by atoms with Crippen molar-refractivity contribution in [2.24, 2.45) is 0 Å². The Morgan fingerprint density at radius 2 is 1.60 bits per heavy atom. The second-order valence-corrected chi connectivity index (χ2v) is 2.34. The van der Waals surface area contributed by atoms with Gasteiger partial charge in [0.1, 0.15) is 0 Å². The van der Waals surface area contributed by atoms with E-state index >= 15 is 0 Å². The van der Waals surface area contributed by atoms with Crippen molar-refractivity contribution in [1.82, 2.24) is 0 Å². The quantitative estimate of drug-likeness (QED) is 0.557. The molecular formula is C7H5ClF2. The molecule has 54 valence electrons. The number of halogens is 3. The third-order valence-electron chi connectivity index (χ3n) is 1.10. The second kappa shape index (κ2) is 2.54. The van der Waals surface area contributed by atoms with E-state index < -0.39 is 5.38 Å². The van der Waals surface area contributed by atoms with Gasteiger partial charge in [-0.1, -0.05) is 30.3 Å². The Labute approximate surface area is 62.4 Å². The molecule has 0 radical (unpaired) electrons. The molecule has 0 fully saturated rings. The zero-order valence-electron chi connectivity index (χ0n) is 5.02. The fourth-order valence-corrected chi connectivity index (χ4v) is 0.753. The van der Waals surface area contributed by atoms with Gasteiger partial charge in [-0.2, -0.15) is 8.78 Å². The fourth-order valence-electron chi connectivity index (χ4n) is 0.627. The van der Waals surface area contributed by atoms with Crippen molar-refractivity contribution in [1.29, 1.82) is 0 Å². The first kappa shape index (κ1) is 7.48. The number of benzene rings is 1. The Morgan fingerprint density at radius 3 is 1.90 bits per heavy atom. The summed E-state index contributed by atoms with van der Waals surface area (Å²) in [5, 5.41) is -3.23. The van der Waals surface area contributed by atoms with Crippen molar-refractivity contribution in [2.75, 3.05) is 0 Å². The molecule has 0 aliphatic heterocycles. The predicted molar refractivity (Wildman–Crippen MR) is 36.2 cm³/mol. The van der Waals surface area contributed by atoms with Crippen LogP contribution in [0.25, 0.3) is 0 Å². The summed E-state index contributed by atoms with van der Waals surface area (Å²) in [4.78, 5) is 0. The van der Waals surface area contributed by atoms with Crippen LogP contribution in [0, 0.1) is 0 Å². The normalized spacial score (nSPS) is 11.5. The highest BCUT2D eigenvalue weighted by Crippen LogP contribution is 2.31. The Kier molecular flexibility index (Phi) is 1.90. The van der Waals surface area contributed by atoms with Crippen molar-refractivity contribution in [2.45, 2.75) is 5.38 Å². The van der Waals surface area contributed by atoms with Crippen LogP contribution in [0.1, 0.15) is 5.56 Å². The zero-order chi connectivity index (χ0) is 7.61. The summed E-state index contributed by atoms with van der Waals surface area (Å²) < 4.78 is 24.4. The first-order valence-corrected chi connectivity index (χ1v) is 3.11. The van der Waals surface area contributed by atoms with Crippen LogP contribution in [0.15, 0.2) is 30.3 Å². The summed E-state index contributed by atoms with van der Waals surface area (Å²) >= 11 is 4.73. The van der Waals surface area contributed by atoms with E-state index in [1.165, 1.54) is 24.3 Å². The van der Waals surface area contributed by atoms with Crippen LogP contribution >= 0.6 is 11.6 Å². The van der Waals surface area contributed by atoms with Gasteiger partial charge in [0.05, 0.1) is 0 Å². The molecule has 0 N–H and O–H groups in total. The number of rotatable bonds is 1. The lowest BCUT2D eigenvalue weighted by Gasteiger charge is -2.05. The van der Waals surface area contributed by atoms with Gasteiger partial charge in [-0.15, -0.1) is 0 Å². The van der Waals surface area contributed by atoms with E-state index in [-0.39, 0.29) is 5.56 Å². The minimum Gasteiger partial charge on any atom is -0.183 e. The third-order valence-corrected chi connectivity index (χ3v) is 1.32. The molecule has 0 amide bonds. The summed E-state index contributed by atoms with van der Waals surface area (Å²) in [6, 6.07) is 7.27. The smallest absolute Gasteiger partial charge is 0.183 e. The molecule has 0 nitrogen and oxygen atoms in total. The van der Waals surface area contributed by atoms with Crippen LogP contribution in [0.4, 0.5) is 8.78 Å². The standard InChI is InChI=1S/C7H5ClF2/c8-7(9,10)6-4-2-1-3-5-6/h1-5H. The van der Waals surface area contributed by atoms with Gasteiger partial charge in [-0.3, -0.25) is 0 Å². The Morgan fingerprint density at radius 1 is 1.10 bits per heavy atom. The van der Waals surface area contributed by atoms with Crippen LogP contribution in [-0.4, -0.2) is 0 Å². The van der Waals surface area contributed by atoms with Gasteiger partial charge >= 0.3 is 5.38 Å². The largest absolute Gasteiger partial charge is 0.348 e. The average Bonchev–Trinajstić information content (AvgIpc) is 1.88. The first-order chi connectivity index (χ1) is 4.61. The van der Waals surface area contributed by atoms with Crippen molar-refractivity contribution >= 4 is 11.6 Å². The topological polar surface area (TPSA) is 0 Å². The van der Waals surface area contributed by atoms with E-state index in [1.54, 1.807) is 6.07 Å². The maximum atomic E-state index is 12.2. The van der Waals surface area contributed by atoms with Crippen molar-refractivity contribution < 1.29 is 8.78 Å². The highest BCUT2D eigenvalue weighted by molar-refractivity contribution is 6.21. The highest BCUT2D eigenvalue weighted by atomic mass is 35.5. The van der Waals surface area contributed by atoms with Crippen LogP contribution in [0.3, 0.4) is 0 Å². The zero-order valence-corrected chi connectivity index (χ0v) is 5.78. The summed E-state index contributed by atoms with van der Waals surface area (Å²) in [6.45, 7) is 0. The number of alkyl halides is 3. The first-order valence-electron chi connectivity index (χ1n) is 2.73. The van der Waals surface area contributed by atoms with E-state index in [0.29, 0.717) is 0 Å². The number of hydrogen-bond donors (Lipinski definition) is 0. The monoisotopic (exact) mass is 162 g/mol. The van der Waals surface area contributed by atoms with E-state index in [1.807, 2.05) is 0 Å². The van der Waals surface area contributed by atoms with Crippen LogP contribution in [0.5, 0.6) is 0 Å². The molecule has 0 saturated heterocycles. The molecule has 10 heavy (non-hydrogen) atoms. The molecule has 1 aromatic rings. The summed E-state index contributed by atoms with van der Waals surface area (Å²) in [5.74, 6) is 0. The second-order valence-electron chi connectivity index (χ2n) is 1.86. The van der Waals surface area contributed by atoms with Crippen LogP contribution in [-0.2, 0) is 5.38 Å². The molecule has 1 aromatic carbocycles. The molecule has 0 unspecified atom stereocenters. The van der Waals surface area contributed by atoms with Crippen molar-refractivity contribution in [3.05, 3.63) is 35.9 Å². The van der Waals surface area contributed by atoms with Crippen LogP contribution in [0.2, 0.25) is 0 Å². The van der Waals surface area contributed by atoms with Gasteiger partial charge in [0.15, 0.2) is 0 Å². The van der Waals surface area contributed by atoms with Gasteiger partial charge in [0.2, 0.25) is 0 Å². The van der Waals surface area contributed by atoms with E-state index in [4.69, 9.17) is 11.6 Å². The molecule has 0 heterocycles. The van der Waals surface area contributed by atoms with E-state index in [0.717, 1.165) is 0 Å². The summed E-state index contributed by atoms with van der Waals surface area (Å²) in [7, 11) is 0. The molecule has 0 aromatic heterocycles. The molecule has 3 heteroatoms. The van der Waals surface area contributed by atoms with E-state index in [9.17, 15) is 8.78 Å². The van der Waals surface area contributed by atoms with Gasteiger partial charge in [-0.25, -0.2) is 0 Å². The molecule has 0 atom stereocenters. The summed E-state index contributed by atoms with van der Waals surface area (Å²) in [5.41, 5.74) is -0.170. The maximum Gasteiger partial charge on any atom is 0.348 e. The molecule has 1 rings (SSSR count). The van der Waals surface area contributed by atoms with Crippen molar-refractivity contribution in [3.63, 3.8) is 0 Å². The molecular weight excluding hydrogens is 158 g/mol. The minimum absolute atomic E-state index is 0.170. The number of hydrogen-bond acceptors (Lipinski definition) is 0. The third kappa shape index (κ3) is 1.67. The molecule has 0 saturated carbocycles. The molecule has 0 bridgehead atoms. The molecule has 0 aliphatic carbocycles. The lowest BCUT2D eigenvalue weighted by atomic mass is 10.2. The Hall–Kier alpha value is -0.630. The van der Waals surface area contributed by atoms with Crippen LogP contribution < -0.4 is 0 Å². The predicted octanol–water partition coefficient (Wildman–Crippen LogP) is 2.97. The molecule has 0 aliphatic rings. The molecule has 0 spiro atoms. The van der Waals surface area contributed by atoms with Gasteiger partial charge in [0.25, 0.3) is 0 Å². The van der Waals surface area contributed by atoms with Gasteiger partial charge in [0, 0.05) is 5.56 Å². The van der Waals surface area contributed by atoms with Gasteiger partial charge in [-0.05, 0) is 11.6 Å². The Balaban J connectivity index is 2.97. The average molecular weight is 163 g/mol. The highest BCUT2D eigenvalue weighted by Gasteiger charge is 2.26. The minimum atomic E-state index is -3.23. The lowest BCUT2D eigenvalue weighted by molar-refractivity contribution is 0.0951. The van der Waals surface area contributed by atoms with E-state index in [2.05, 4.69) is 0 Å². The van der Waals surface area contributed by atoms with Crippen molar-refractivity contribution in [3.8, 4) is 0 Å². The Bertz CT molecular complexity index is 203. The fraction of sp³-hybridized carbons (Fsp3) is 0.143. The summed E-state index contributed by atoms with van der Waals surface area (Å²) in [6.07, 6.45) is 0. The SMILES string of the molecule is FC(F)(Cl)c1ccccc1. The maximum absolute atomic E-state index is 12.2. The van der Waals surface area contributed by atoms with Gasteiger partial charge < -0.3 is 0 Å².